The molecule has 1 aromatic heterocycles. The van der Waals surface area contributed by atoms with Crippen LogP contribution in [0.4, 0.5) is 5.82 Å². The molecule has 1 aliphatic rings. The molecule has 0 atom stereocenters. The van der Waals surface area contributed by atoms with Gasteiger partial charge in [-0.2, -0.15) is 0 Å². The molecule has 0 saturated carbocycles. The number of hydrogen-bond donors (Lipinski definition) is 1. The van der Waals surface area contributed by atoms with Crippen LogP contribution in [0.2, 0.25) is 0 Å². The highest BCUT2D eigenvalue weighted by Crippen LogP contribution is 2.27. The van der Waals surface area contributed by atoms with Gasteiger partial charge in [0.15, 0.2) is 11.6 Å². The third kappa shape index (κ3) is 2.17. The Labute approximate surface area is 104 Å². The van der Waals surface area contributed by atoms with E-state index in [1.165, 1.54) is 23.2 Å². The van der Waals surface area contributed by atoms with Crippen LogP contribution in [0.1, 0.15) is 6.92 Å². The highest BCUT2D eigenvalue weighted by molar-refractivity contribution is 6.11. The Kier molecular flexibility index (Phi) is 3.27. The average Bonchev–Trinajstić information content (AvgIpc) is 2.72. The fraction of sp³-hybridized carbons (Fsp3) is 0.250. The number of anilines is 1. The van der Waals surface area contributed by atoms with Crippen LogP contribution in [0.3, 0.4) is 0 Å². The van der Waals surface area contributed by atoms with Gasteiger partial charge in [-0.05, 0) is 19.1 Å². The molecule has 1 aromatic rings. The number of carbonyl (C=O) groups excluding carboxylic acids is 2. The molecule has 0 bridgehead atoms. The van der Waals surface area contributed by atoms with Crippen molar-refractivity contribution in [1.82, 2.24) is 4.98 Å². The van der Waals surface area contributed by atoms with Crippen molar-refractivity contribution >= 4 is 17.7 Å². The van der Waals surface area contributed by atoms with Crippen molar-refractivity contribution < 1.29 is 19.4 Å². The summed E-state index contributed by atoms with van der Waals surface area (Å²) in [5, 5.41) is 9.62. The maximum absolute atomic E-state index is 11.7. The number of amides is 1. The number of nitrogens with zero attached hydrogens (tertiary/aromatic N) is 2. The number of hydrogen-bond acceptors (Lipinski definition) is 5. The van der Waals surface area contributed by atoms with Crippen LogP contribution in [0.25, 0.3) is 0 Å². The SMILES string of the molecule is CCOC(=O)C1=CC(=O)N(c2ncccc2O)C1. The molecular weight excluding hydrogens is 236 g/mol. The molecule has 0 unspecified atom stereocenters. The molecule has 1 aliphatic heterocycles. The Morgan fingerprint density at radius 2 is 2.39 bits per heavy atom. The quantitative estimate of drug-likeness (QED) is 0.793. The van der Waals surface area contributed by atoms with Gasteiger partial charge in [0.25, 0.3) is 5.91 Å². The second kappa shape index (κ2) is 4.87. The molecule has 1 N–H and O–H groups in total. The molecule has 2 rings (SSSR count). The predicted octanol–water partition coefficient (Wildman–Crippen LogP) is 0.623. The summed E-state index contributed by atoms with van der Waals surface area (Å²) in [7, 11) is 0. The van der Waals surface area contributed by atoms with Crippen LogP contribution in [-0.4, -0.2) is 35.1 Å². The third-order valence-corrected chi connectivity index (χ3v) is 2.45. The standard InChI is InChI=1S/C12H12N2O4/c1-2-18-12(17)8-6-10(16)14(7-8)11-9(15)4-3-5-13-11/h3-6,15H,2,7H2,1H3. The van der Waals surface area contributed by atoms with Gasteiger partial charge in [-0.1, -0.05) is 0 Å². The first-order chi connectivity index (χ1) is 8.63. The molecule has 18 heavy (non-hydrogen) atoms. The molecule has 2 heterocycles. The minimum absolute atomic E-state index is 0.0578. The van der Waals surface area contributed by atoms with E-state index in [-0.39, 0.29) is 30.3 Å². The van der Waals surface area contributed by atoms with Crippen LogP contribution in [0.15, 0.2) is 30.0 Å². The molecule has 6 heteroatoms. The summed E-state index contributed by atoms with van der Waals surface area (Å²) in [6, 6.07) is 2.98. The fourth-order valence-electron chi connectivity index (χ4n) is 1.64. The number of ether oxygens (including phenoxy) is 1. The number of pyridine rings is 1. The molecule has 0 radical (unpaired) electrons. The highest BCUT2D eigenvalue weighted by atomic mass is 16.5. The molecule has 6 nitrogen and oxygen atoms in total. The Hall–Kier alpha value is -2.37. The van der Waals surface area contributed by atoms with Gasteiger partial charge in [0, 0.05) is 12.3 Å². The van der Waals surface area contributed by atoms with E-state index in [1.54, 1.807) is 13.0 Å². The normalized spacial score (nSPS) is 14.6. The topological polar surface area (TPSA) is 79.7 Å². The number of aromatic hydroxyl groups is 1. The van der Waals surface area contributed by atoms with E-state index < -0.39 is 11.9 Å². The molecule has 0 aromatic carbocycles. The first-order valence-electron chi connectivity index (χ1n) is 5.46. The first kappa shape index (κ1) is 12.1. The monoisotopic (exact) mass is 248 g/mol. The van der Waals surface area contributed by atoms with Crippen molar-refractivity contribution in [2.45, 2.75) is 6.92 Å². The second-order valence-corrected chi connectivity index (χ2v) is 3.66. The Balaban J connectivity index is 2.19. The largest absolute Gasteiger partial charge is 0.504 e. The predicted molar refractivity (Wildman–Crippen MR) is 63.0 cm³/mol. The first-order valence-corrected chi connectivity index (χ1v) is 5.46. The average molecular weight is 248 g/mol. The van der Waals surface area contributed by atoms with Gasteiger partial charge in [0.2, 0.25) is 0 Å². The van der Waals surface area contributed by atoms with Crippen molar-refractivity contribution in [1.29, 1.82) is 0 Å². The van der Waals surface area contributed by atoms with E-state index in [1.807, 2.05) is 0 Å². The van der Waals surface area contributed by atoms with E-state index in [9.17, 15) is 14.7 Å². The number of esters is 1. The molecule has 1 amide bonds. The van der Waals surface area contributed by atoms with Gasteiger partial charge >= 0.3 is 5.97 Å². The zero-order chi connectivity index (χ0) is 13.1. The maximum atomic E-state index is 11.7. The number of aromatic nitrogens is 1. The van der Waals surface area contributed by atoms with Crippen LogP contribution in [0, 0.1) is 0 Å². The van der Waals surface area contributed by atoms with Crippen LogP contribution >= 0.6 is 0 Å². The van der Waals surface area contributed by atoms with E-state index in [2.05, 4.69) is 4.98 Å². The summed E-state index contributed by atoms with van der Waals surface area (Å²) < 4.78 is 4.82. The minimum atomic E-state index is -0.524. The Morgan fingerprint density at radius 1 is 1.61 bits per heavy atom. The van der Waals surface area contributed by atoms with Gasteiger partial charge < -0.3 is 9.84 Å². The fourth-order valence-corrected chi connectivity index (χ4v) is 1.64. The third-order valence-electron chi connectivity index (χ3n) is 2.45. The van der Waals surface area contributed by atoms with Crippen molar-refractivity contribution in [3.63, 3.8) is 0 Å². The zero-order valence-corrected chi connectivity index (χ0v) is 9.79. The molecule has 0 fully saturated rings. The zero-order valence-electron chi connectivity index (χ0n) is 9.79. The second-order valence-electron chi connectivity index (χ2n) is 3.66. The summed E-state index contributed by atoms with van der Waals surface area (Å²) in [4.78, 5) is 28.4. The highest BCUT2D eigenvalue weighted by Gasteiger charge is 2.29. The van der Waals surface area contributed by atoms with E-state index in [4.69, 9.17) is 4.74 Å². The van der Waals surface area contributed by atoms with E-state index in [0.717, 1.165) is 0 Å². The molecule has 94 valence electrons. The van der Waals surface area contributed by atoms with E-state index in [0.29, 0.717) is 0 Å². The molecule has 0 spiro atoms. The Morgan fingerprint density at radius 3 is 3.06 bits per heavy atom. The molecule has 0 saturated heterocycles. The summed E-state index contributed by atoms with van der Waals surface area (Å²) >= 11 is 0. The van der Waals surface area contributed by atoms with Crippen LogP contribution in [-0.2, 0) is 14.3 Å². The van der Waals surface area contributed by atoms with E-state index >= 15 is 0 Å². The lowest BCUT2D eigenvalue weighted by molar-refractivity contribution is -0.138. The lowest BCUT2D eigenvalue weighted by atomic mass is 10.3. The maximum Gasteiger partial charge on any atom is 0.336 e. The Bertz CT molecular complexity index is 525. The number of carbonyl (C=O) groups is 2. The summed E-state index contributed by atoms with van der Waals surface area (Å²) in [6.45, 7) is 2.00. The lowest BCUT2D eigenvalue weighted by Gasteiger charge is -2.15. The summed E-state index contributed by atoms with van der Waals surface area (Å²) in [5.74, 6) is -0.891. The van der Waals surface area contributed by atoms with Crippen LogP contribution < -0.4 is 4.90 Å². The van der Waals surface area contributed by atoms with Gasteiger partial charge in [0.1, 0.15) is 0 Å². The lowest BCUT2D eigenvalue weighted by Crippen LogP contribution is -2.27. The van der Waals surface area contributed by atoms with Crippen molar-refractivity contribution in [2.24, 2.45) is 0 Å². The van der Waals surface area contributed by atoms with Crippen molar-refractivity contribution in [3.05, 3.63) is 30.0 Å². The minimum Gasteiger partial charge on any atom is -0.504 e. The van der Waals surface area contributed by atoms with Gasteiger partial charge in [-0.25, -0.2) is 9.78 Å². The van der Waals surface area contributed by atoms with Gasteiger partial charge in [0.05, 0.1) is 18.7 Å². The number of rotatable bonds is 3. The smallest absolute Gasteiger partial charge is 0.336 e. The molecular formula is C12H12N2O4. The van der Waals surface area contributed by atoms with Gasteiger partial charge in [-0.3, -0.25) is 9.69 Å². The summed E-state index contributed by atoms with van der Waals surface area (Å²) in [5.41, 5.74) is 0.256. The van der Waals surface area contributed by atoms with Crippen LogP contribution in [0.5, 0.6) is 5.75 Å². The molecule has 0 aliphatic carbocycles. The van der Waals surface area contributed by atoms with Crippen molar-refractivity contribution in [3.8, 4) is 5.75 Å². The van der Waals surface area contributed by atoms with Crippen molar-refractivity contribution in [2.75, 3.05) is 18.1 Å². The summed E-state index contributed by atoms with van der Waals surface area (Å²) in [6.07, 6.45) is 2.66. The van der Waals surface area contributed by atoms with Gasteiger partial charge in [-0.15, -0.1) is 0 Å².